The lowest BCUT2D eigenvalue weighted by molar-refractivity contribution is -0.117. The molecule has 1 aromatic carbocycles. The molecule has 1 N–H and O–H groups in total. The molecule has 1 saturated heterocycles. The lowest BCUT2D eigenvalue weighted by Gasteiger charge is -2.16. The minimum atomic E-state index is 0.234. The van der Waals surface area contributed by atoms with E-state index in [1.54, 1.807) is 11.3 Å². The van der Waals surface area contributed by atoms with Gasteiger partial charge in [-0.1, -0.05) is 12.1 Å². The first kappa shape index (κ1) is 14.2. The van der Waals surface area contributed by atoms with Crippen LogP contribution in [0.5, 0.6) is 0 Å². The summed E-state index contributed by atoms with van der Waals surface area (Å²) in [4.78, 5) is 17.9. The molecule has 1 fully saturated rings. The van der Waals surface area contributed by atoms with Crippen LogP contribution in [0.15, 0.2) is 35.2 Å². The lowest BCUT2D eigenvalue weighted by atomic mass is 10.1. The van der Waals surface area contributed by atoms with Crippen LogP contribution in [0.3, 0.4) is 0 Å². The van der Waals surface area contributed by atoms with E-state index in [4.69, 9.17) is 0 Å². The van der Waals surface area contributed by atoms with Crippen molar-refractivity contribution in [2.24, 2.45) is 0 Å². The predicted octanol–water partition coefficient (Wildman–Crippen LogP) is 3.12. The van der Waals surface area contributed by atoms with Crippen LogP contribution in [0.4, 0.5) is 5.69 Å². The van der Waals surface area contributed by atoms with Crippen molar-refractivity contribution in [3.8, 4) is 0 Å². The standard InChI is InChI=1S/C16H19N3OS/c1-12(15-10-21-11-18-15)17-9-13-4-6-14(7-5-13)19-8-2-3-16(19)20/h4-7,10-12,17H,2-3,8-9H2,1H3. The van der Waals surface area contributed by atoms with Crippen molar-refractivity contribution in [2.75, 3.05) is 11.4 Å². The molecule has 1 atom stereocenters. The Balaban J connectivity index is 1.58. The quantitative estimate of drug-likeness (QED) is 0.923. The van der Waals surface area contributed by atoms with Gasteiger partial charge in [-0.3, -0.25) is 4.79 Å². The molecule has 0 radical (unpaired) electrons. The molecule has 4 nitrogen and oxygen atoms in total. The van der Waals surface area contributed by atoms with Crippen LogP contribution in [0.2, 0.25) is 0 Å². The fourth-order valence-corrected chi connectivity index (χ4v) is 3.17. The molecule has 3 rings (SSSR count). The van der Waals surface area contributed by atoms with Gasteiger partial charge in [0.05, 0.1) is 11.2 Å². The second-order valence-corrected chi connectivity index (χ2v) is 6.05. The number of nitrogens with zero attached hydrogens (tertiary/aromatic N) is 2. The number of rotatable bonds is 5. The molecular formula is C16H19N3OS. The van der Waals surface area contributed by atoms with Gasteiger partial charge in [0.1, 0.15) is 0 Å². The number of anilines is 1. The average molecular weight is 301 g/mol. The maximum Gasteiger partial charge on any atom is 0.227 e. The number of carbonyl (C=O) groups excluding carboxylic acids is 1. The highest BCUT2D eigenvalue weighted by Crippen LogP contribution is 2.22. The van der Waals surface area contributed by atoms with E-state index in [0.717, 1.165) is 30.9 Å². The number of nitrogens with one attached hydrogen (secondary N) is 1. The number of amides is 1. The van der Waals surface area contributed by atoms with Crippen molar-refractivity contribution in [2.45, 2.75) is 32.4 Å². The molecule has 1 aliphatic rings. The fourth-order valence-electron chi connectivity index (χ4n) is 2.53. The van der Waals surface area contributed by atoms with Crippen LogP contribution in [0.1, 0.15) is 37.1 Å². The molecule has 1 aromatic heterocycles. The molecule has 21 heavy (non-hydrogen) atoms. The summed E-state index contributed by atoms with van der Waals surface area (Å²) in [6.07, 6.45) is 1.64. The third kappa shape index (κ3) is 3.31. The van der Waals surface area contributed by atoms with Crippen molar-refractivity contribution in [3.63, 3.8) is 0 Å². The first-order chi connectivity index (χ1) is 10.2. The number of thiazole rings is 1. The van der Waals surface area contributed by atoms with Gasteiger partial charge >= 0.3 is 0 Å². The molecule has 1 amide bonds. The zero-order chi connectivity index (χ0) is 14.7. The van der Waals surface area contributed by atoms with Gasteiger partial charge in [0, 0.05) is 36.6 Å². The molecule has 2 aromatic rings. The van der Waals surface area contributed by atoms with E-state index < -0.39 is 0 Å². The van der Waals surface area contributed by atoms with Crippen LogP contribution >= 0.6 is 11.3 Å². The normalized spacial score (nSPS) is 16.4. The van der Waals surface area contributed by atoms with E-state index in [-0.39, 0.29) is 11.9 Å². The maximum absolute atomic E-state index is 11.7. The largest absolute Gasteiger partial charge is 0.312 e. The van der Waals surface area contributed by atoms with Crippen molar-refractivity contribution in [1.29, 1.82) is 0 Å². The highest BCUT2D eigenvalue weighted by atomic mass is 32.1. The first-order valence-corrected chi connectivity index (χ1v) is 8.19. The Hall–Kier alpha value is -1.72. The summed E-state index contributed by atoms with van der Waals surface area (Å²) in [7, 11) is 0. The smallest absolute Gasteiger partial charge is 0.227 e. The molecule has 0 aliphatic carbocycles. The van der Waals surface area contributed by atoms with Gasteiger partial charge in [-0.25, -0.2) is 4.98 Å². The summed E-state index contributed by atoms with van der Waals surface area (Å²) in [5, 5.41) is 5.53. The van der Waals surface area contributed by atoms with Gasteiger partial charge in [0.15, 0.2) is 0 Å². The third-order valence-corrected chi connectivity index (χ3v) is 4.43. The zero-order valence-corrected chi connectivity index (χ0v) is 12.9. The number of benzene rings is 1. The molecule has 5 heteroatoms. The van der Waals surface area contributed by atoms with Crippen LogP contribution in [0, 0.1) is 0 Å². The van der Waals surface area contributed by atoms with Crippen LogP contribution in [-0.2, 0) is 11.3 Å². The zero-order valence-electron chi connectivity index (χ0n) is 12.1. The van der Waals surface area contributed by atoms with Crippen molar-refractivity contribution < 1.29 is 4.79 Å². The maximum atomic E-state index is 11.7. The molecule has 1 aliphatic heterocycles. The van der Waals surface area contributed by atoms with Crippen LogP contribution < -0.4 is 10.2 Å². The van der Waals surface area contributed by atoms with E-state index in [9.17, 15) is 4.79 Å². The van der Waals surface area contributed by atoms with E-state index in [1.807, 2.05) is 22.5 Å². The third-order valence-electron chi connectivity index (χ3n) is 3.83. The van der Waals surface area contributed by atoms with Crippen LogP contribution in [-0.4, -0.2) is 17.4 Å². The van der Waals surface area contributed by atoms with E-state index >= 15 is 0 Å². The molecule has 110 valence electrons. The van der Waals surface area contributed by atoms with E-state index in [0.29, 0.717) is 6.42 Å². The average Bonchev–Trinajstić information content (AvgIpc) is 3.17. The second-order valence-electron chi connectivity index (χ2n) is 5.33. The summed E-state index contributed by atoms with van der Waals surface area (Å²) in [5.41, 5.74) is 5.16. The second kappa shape index (κ2) is 6.37. The molecule has 1 unspecified atom stereocenters. The van der Waals surface area contributed by atoms with Crippen LogP contribution in [0.25, 0.3) is 0 Å². The highest BCUT2D eigenvalue weighted by Gasteiger charge is 2.21. The molecule has 0 bridgehead atoms. The summed E-state index contributed by atoms with van der Waals surface area (Å²) in [6.45, 7) is 3.76. The first-order valence-electron chi connectivity index (χ1n) is 7.25. The SMILES string of the molecule is CC(NCc1ccc(N2CCCC2=O)cc1)c1cscn1. The number of aromatic nitrogens is 1. The lowest BCUT2D eigenvalue weighted by Crippen LogP contribution is -2.23. The van der Waals surface area contributed by atoms with Crippen molar-refractivity contribution in [1.82, 2.24) is 10.3 Å². The fraction of sp³-hybridized carbons (Fsp3) is 0.375. The van der Waals surface area contributed by atoms with Crippen molar-refractivity contribution in [3.05, 3.63) is 46.4 Å². The summed E-state index contributed by atoms with van der Waals surface area (Å²) >= 11 is 1.62. The number of hydrogen-bond acceptors (Lipinski definition) is 4. The monoisotopic (exact) mass is 301 g/mol. The number of carbonyl (C=O) groups is 1. The van der Waals surface area contributed by atoms with Crippen molar-refractivity contribution >= 4 is 22.9 Å². The Kier molecular flexibility index (Phi) is 4.31. The van der Waals surface area contributed by atoms with Gasteiger partial charge in [-0.05, 0) is 31.0 Å². The Labute approximate surface area is 128 Å². The minimum absolute atomic E-state index is 0.234. The molecule has 0 spiro atoms. The molecule has 0 saturated carbocycles. The van der Waals surface area contributed by atoms with Gasteiger partial charge in [0.25, 0.3) is 0 Å². The van der Waals surface area contributed by atoms with E-state index in [2.05, 4.69) is 34.7 Å². The Morgan fingerprint density at radius 2 is 2.19 bits per heavy atom. The Bertz CT molecular complexity index is 594. The Morgan fingerprint density at radius 1 is 1.38 bits per heavy atom. The topological polar surface area (TPSA) is 45.2 Å². The highest BCUT2D eigenvalue weighted by molar-refractivity contribution is 7.07. The summed E-state index contributed by atoms with van der Waals surface area (Å²) in [5.74, 6) is 0.234. The molecular weight excluding hydrogens is 282 g/mol. The van der Waals surface area contributed by atoms with Gasteiger partial charge in [0.2, 0.25) is 5.91 Å². The van der Waals surface area contributed by atoms with Gasteiger partial charge in [-0.15, -0.1) is 11.3 Å². The number of hydrogen-bond donors (Lipinski definition) is 1. The van der Waals surface area contributed by atoms with Gasteiger partial charge in [-0.2, -0.15) is 0 Å². The predicted molar refractivity (Wildman–Crippen MR) is 85.4 cm³/mol. The Morgan fingerprint density at radius 3 is 2.81 bits per heavy atom. The minimum Gasteiger partial charge on any atom is -0.312 e. The van der Waals surface area contributed by atoms with Gasteiger partial charge < -0.3 is 10.2 Å². The van der Waals surface area contributed by atoms with E-state index in [1.165, 1.54) is 5.56 Å². The summed E-state index contributed by atoms with van der Waals surface area (Å²) in [6, 6.07) is 8.49. The summed E-state index contributed by atoms with van der Waals surface area (Å²) < 4.78 is 0. The molecule has 2 heterocycles.